The van der Waals surface area contributed by atoms with Crippen LogP contribution in [0.15, 0.2) is 25.3 Å². The van der Waals surface area contributed by atoms with Gasteiger partial charge in [0.15, 0.2) is 0 Å². The maximum absolute atomic E-state index is 14.1. The molecule has 2 bridgehead atoms. The van der Waals surface area contributed by atoms with Crippen LogP contribution >= 0.6 is 11.8 Å². The minimum absolute atomic E-state index is 0.0202. The third kappa shape index (κ3) is 4.00. The van der Waals surface area contributed by atoms with E-state index in [1.54, 1.807) is 45.5 Å². The Hall–Kier alpha value is -1.80. The van der Waals surface area contributed by atoms with E-state index in [2.05, 4.69) is 20.1 Å². The average Bonchev–Trinajstić information content (AvgIpc) is 3.36. The lowest BCUT2D eigenvalue weighted by Crippen LogP contribution is -2.58. The molecular weight excluding hydrogens is 450 g/mol. The monoisotopic (exact) mass is 491 g/mol. The number of nitrogens with zero attached hydrogens (tertiary/aromatic N) is 3. The van der Waals surface area contributed by atoms with Crippen molar-refractivity contribution in [3.63, 3.8) is 0 Å². The van der Waals surface area contributed by atoms with Crippen molar-refractivity contribution in [3.05, 3.63) is 25.3 Å². The molecule has 0 aliphatic carbocycles. The predicted octanol–water partition coefficient (Wildman–Crippen LogP) is 2.70. The molecule has 2 unspecified atom stereocenters. The number of aliphatic hydroxyl groups excluding tert-OH is 1. The Labute approximate surface area is 208 Å². The van der Waals surface area contributed by atoms with Crippen molar-refractivity contribution in [2.75, 3.05) is 26.2 Å². The van der Waals surface area contributed by atoms with Gasteiger partial charge in [-0.1, -0.05) is 19.1 Å². The summed E-state index contributed by atoms with van der Waals surface area (Å²) in [5.41, 5.74) is 0. The maximum atomic E-state index is 14.1. The van der Waals surface area contributed by atoms with E-state index in [1.165, 1.54) is 0 Å². The van der Waals surface area contributed by atoms with Crippen LogP contribution in [-0.2, 0) is 14.4 Å². The van der Waals surface area contributed by atoms with E-state index in [9.17, 15) is 19.5 Å². The molecule has 3 saturated heterocycles. The molecule has 0 radical (unpaired) electrons. The van der Waals surface area contributed by atoms with Crippen molar-refractivity contribution in [1.29, 1.82) is 0 Å². The molecule has 3 aliphatic heterocycles. The summed E-state index contributed by atoms with van der Waals surface area (Å²) in [5.74, 6) is -1.39. The van der Waals surface area contributed by atoms with E-state index >= 15 is 0 Å². The van der Waals surface area contributed by atoms with Crippen LogP contribution in [0.1, 0.15) is 53.9 Å². The molecule has 1 spiro atoms. The van der Waals surface area contributed by atoms with Crippen LogP contribution in [0.4, 0.5) is 0 Å². The Morgan fingerprint density at radius 1 is 1.21 bits per heavy atom. The highest BCUT2D eigenvalue weighted by Crippen LogP contribution is 2.71. The molecule has 6 atom stereocenters. The lowest BCUT2D eigenvalue weighted by atomic mass is 9.66. The third-order valence-corrected chi connectivity index (χ3v) is 9.83. The second-order valence-electron chi connectivity index (χ2n) is 10.5. The predicted molar refractivity (Wildman–Crippen MR) is 136 cm³/mol. The maximum Gasteiger partial charge on any atom is 0.247 e. The lowest BCUT2D eigenvalue weighted by molar-refractivity contribution is -0.147. The molecule has 3 aliphatic rings. The summed E-state index contributed by atoms with van der Waals surface area (Å²) >= 11 is 1.67. The molecule has 0 saturated carbocycles. The van der Waals surface area contributed by atoms with Crippen molar-refractivity contribution in [2.45, 2.75) is 81.5 Å². The van der Waals surface area contributed by atoms with E-state index < -0.39 is 33.4 Å². The highest BCUT2D eigenvalue weighted by Gasteiger charge is 2.77. The van der Waals surface area contributed by atoms with Gasteiger partial charge in [-0.2, -0.15) is 0 Å². The number of hydrogen-bond donors (Lipinski definition) is 1. The summed E-state index contributed by atoms with van der Waals surface area (Å²) in [7, 11) is 0. The standard InChI is InChI=1S/C26H41N3O4S/c1-8-13-27(14-9-2)22(31)19-20-23(32)29(18(6)16-30)21(24(33)28(15-10-3)17(4)5)26(20)12-11-25(19,7)34-26/h8,10,17-21,30H,1,3,9,11-16H2,2,4-7H3/t18-,19+,20+,21?,25-,26?/m1/s1. The van der Waals surface area contributed by atoms with Crippen LogP contribution in [0.5, 0.6) is 0 Å². The highest BCUT2D eigenvalue weighted by atomic mass is 32.2. The number of amides is 3. The number of rotatable bonds is 11. The second kappa shape index (κ2) is 10.1. The van der Waals surface area contributed by atoms with Gasteiger partial charge in [-0.25, -0.2) is 0 Å². The summed E-state index contributed by atoms with van der Waals surface area (Å²) in [6.45, 7) is 18.6. The van der Waals surface area contributed by atoms with Crippen molar-refractivity contribution >= 4 is 29.5 Å². The van der Waals surface area contributed by atoms with Crippen LogP contribution < -0.4 is 0 Å². The molecule has 0 aromatic carbocycles. The van der Waals surface area contributed by atoms with E-state index in [0.717, 1.165) is 12.8 Å². The Morgan fingerprint density at radius 3 is 2.38 bits per heavy atom. The summed E-state index contributed by atoms with van der Waals surface area (Å²) < 4.78 is -1.08. The fourth-order valence-corrected chi connectivity index (χ4v) is 8.68. The van der Waals surface area contributed by atoms with E-state index in [0.29, 0.717) is 26.1 Å². The van der Waals surface area contributed by atoms with Gasteiger partial charge in [0.05, 0.1) is 29.2 Å². The quantitative estimate of drug-likeness (QED) is 0.450. The molecule has 0 aromatic heterocycles. The van der Waals surface area contributed by atoms with Crippen molar-refractivity contribution in [3.8, 4) is 0 Å². The molecule has 3 amide bonds. The molecule has 3 rings (SSSR count). The molecule has 3 fully saturated rings. The minimum Gasteiger partial charge on any atom is -0.394 e. The molecule has 3 heterocycles. The summed E-state index contributed by atoms with van der Waals surface area (Å²) in [6, 6.07) is -1.29. The van der Waals surface area contributed by atoms with Gasteiger partial charge < -0.3 is 19.8 Å². The summed E-state index contributed by atoms with van der Waals surface area (Å²) in [5, 5.41) is 10.0. The highest BCUT2D eigenvalue weighted by molar-refractivity contribution is 8.02. The zero-order valence-corrected chi connectivity index (χ0v) is 22.1. The van der Waals surface area contributed by atoms with Gasteiger partial charge in [-0.05, 0) is 47.0 Å². The molecular formula is C26H41N3O4S. The van der Waals surface area contributed by atoms with Crippen LogP contribution in [0.25, 0.3) is 0 Å². The van der Waals surface area contributed by atoms with E-state index in [4.69, 9.17) is 0 Å². The van der Waals surface area contributed by atoms with Gasteiger partial charge >= 0.3 is 0 Å². The van der Waals surface area contributed by atoms with Crippen molar-refractivity contribution in [1.82, 2.24) is 14.7 Å². The zero-order chi connectivity index (χ0) is 25.4. The average molecular weight is 492 g/mol. The molecule has 7 nitrogen and oxygen atoms in total. The van der Waals surface area contributed by atoms with Gasteiger partial charge in [-0.3, -0.25) is 14.4 Å². The number of fused-ring (bicyclic) bond motifs is 1. The topological polar surface area (TPSA) is 81.2 Å². The Morgan fingerprint density at radius 2 is 1.85 bits per heavy atom. The number of thioether (sulfide) groups is 1. The molecule has 1 N–H and O–H groups in total. The van der Waals surface area contributed by atoms with Gasteiger partial charge in [0, 0.05) is 30.4 Å². The molecule has 34 heavy (non-hydrogen) atoms. The Balaban J connectivity index is 2.11. The third-order valence-electron chi connectivity index (χ3n) is 7.84. The summed E-state index contributed by atoms with van der Waals surface area (Å²) in [4.78, 5) is 47.2. The largest absolute Gasteiger partial charge is 0.394 e. The summed E-state index contributed by atoms with van der Waals surface area (Å²) in [6.07, 6.45) is 5.73. The number of aliphatic hydroxyl groups is 1. The minimum atomic E-state index is -0.710. The fraction of sp³-hybridized carbons (Fsp3) is 0.731. The first-order chi connectivity index (χ1) is 16.0. The first kappa shape index (κ1) is 26.8. The van der Waals surface area contributed by atoms with Crippen molar-refractivity contribution < 1.29 is 19.5 Å². The first-order valence-electron chi connectivity index (χ1n) is 12.5. The van der Waals surface area contributed by atoms with Crippen LogP contribution in [0, 0.1) is 11.8 Å². The molecule has 8 heteroatoms. The Kier molecular flexibility index (Phi) is 7.92. The lowest BCUT2D eigenvalue weighted by Gasteiger charge is -2.40. The number of carbonyl (C=O) groups excluding carboxylic acids is 3. The van der Waals surface area contributed by atoms with Gasteiger partial charge in [0.25, 0.3) is 0 Å². The van der Waals surface area contributed by atoms with E-state index in [1.807, 2.05) is 20.8 Å². The van der Waals surface area contributed by atoms with Crippen LogP contribution in [-0.4, -0.2) is 91.4 Å². The Bertz CT molecular complexity index is 848. The van der Waals surface area contributed by atoms with E-state index in [-0.39, 0.29) is 30.4 Å². The van der Waals surface area contributed by atoms with Gasteiger partial charge in [0.1, 0.15) is 6.04 Å². The van der Waals surface area contributed by atoms with Crippen LogP contribution in [0.2, 0.25) is 0 Å². The van der Waals surface area contributed by atoms with Gasteiger partial charge in [0.2, 0.25) is 17.7 Å². The fourth-order valence-electron chi connectivity index (χ4n) is 6.35. The molecule has 190 valence electrons. The number of carbonyl (C=O) groups is 3. The first-order valence-corrected chi connectivity index (χ1v) is 13.3. The van der Waals surface area contributed by atoms with Gasteiger partial charge in [-0.15, -0.1) is 24.9 Å². The van der Waals surface area contributed by atoms with Crippen LogP contribution in [0.3, 0.4) is 0 Å². The normalized spacial score (nSPS) is 32.6. The second-order valence-corrected chi connectivity index (χ2v) is 12.3. The number of likely N-dealkylation sites (tertiary alicyclic amines) is 1. The van der Waals surface area contributed by atoms with Crippen molar-refractivity contribution in [2.24, 2.45) is 11.8 Å². The number of hydrogen-bond acceptors (Lipinski definition) is 5. The smallest absolute Gasteiger partial charge is 0.247 e. The molecule has 0 aromatic rings. The zero-order valence-electron chi connectivity index (χ0n) is 21.3. The SMILES string of the molecule is C=CCN(CCC)C(=O)[C@@H]1[C@H]2C(=O)N([C@H](C)CO)C(C(=O)N(CC=C)C(C)C)C23CC[C@@]1(C)S3.